The molecule has 0 bridgehead atoms. The molecule has 0 saturated heterocycles. The third kappa shape index (κ3) is 7.59. The number of guanidine groups is 1. The molecule has 1 aromatic rings. The van der Waals surface area contributed by atoms with Crippen LogP contribution in [0.4, 0.5) is 0 Å². The van der Waals surface area contributed by atoms with Crippen molar-refractivity contribution in [2.45, 2.75) is 37.7 Å². The molecule has 0 radical (unpaired) electrons. The number of fused-ring (bicyclic) bond motifs is 1. The van der Waals surface area contributed by atoms with Gasteiger partial charge in [0.1, 0.15) is 18.3 Å². The van der Waals surface area contributed by atoms with Gasteiger partial charge in [0.15, 0.2) is 17.5 Å². The predicted molar refractivity (Wildman–Crippen MR) is 128 cm³/mol. The van der Waals surface area contributed by atoms with Gasteiger partial charge in [-0.25, -0.2) is 9.59 Å². The Kier molecular flexibility index (Phi) is 9.71. The summed E-state index contributed by atoms with van der Waals surface area (Å²) < 4.78 is 26.3. The Morgan fingerprint density at radius 2 is 1.97 bits per heavy atom. The fraction of sp³-hybridized carbons (Fsp3) is 0.458. The van der Waals surface area contributed by atoms with E-state index >= 15 is 0 Å². The van der Waals surface area contributed by atoms with Gasteiger partial charge in [-0.3, -0.25) is 5.41 Å². The standard InChI is InChI=1S/C24H31N3O10/c1-13-15(27-24(25)26)10-19(37-22(13)21(31)16(29)11-28)23(32)34-8-2-7-33-20(30)6-4-14-3-5-17-18(9-14)36-12-35-17/h3-6,9-10,13,15-16,21-22,28-29,31H,2,7-8,11-12H2,1H3,(H4,25,26,27)/b6-4+/t13-,15+,16-,21-,22-/m1/s1. The predicted octanol–water partition coefficient (Wildman–Crippen LogP) is -0.610. The van der Waals surface area contributed by atoms with Crippen LogP contribution in [0.25, 0.3) is 6.08 Å². The number of benzene rings is 1. The zero-order valence-corrected chi connectivity index (χ0v) is 20.2. The number of nitrogens with two attached hydrogens (primary N) is 1. The number of nitrogens with one attached hydrogen (secondary N) is 2. The van der Waals surface area contributed by atoms with Crippen LogP contribution < -0.4 is 20.5 Å². The SMILES string of the molecule is C[C@H]1[C@H]([C@H](O)[C@H](O)CO)OC(C(=O)OCCCOC(=O)/C=C/c2ccc3c(c2)OCO3)=C[C@@H]1NC(=N)N. The number of hydrogen-bond acceptors (Lipinski definition) is 11. The molecule has 1 aromatic carbocycles. The minimum absolute atomic E-state index is 0.00687. The average Bonchev–Trinajstić information content (AvgIpc) is 3.35. The summed E-state index contributed by atoms with van der Waals surface area (Å²) in [6, 6.07) is 4.56. The molecule has 0 saturated carbocycles. The minimum atomic E-state index is -1.52. The Labute approximate surface area is 212 Å². The normalized spacial score (nSPS) is 21.9. The molecule has 0 aliphatic carbocycles. The molecule has 13 heteroatoms. The topological polar surface area (TPSA) is 203 Å². The van der Waals surface area contributed by atoms with Gasteiger partial charge in [-0.2, -0.15) is 0 Å². The summed E-state index contributed by atoms with van der Waals surface area (Å²) >= 11 is 0. The summed E-state index contributed by atoms with van der Waals surface area (Å²) in [5.74, 6) is -1.35. The van der Waals surface area contributed by atoms with Crippen molar-refractivity contribution in [3.05, 3.63) is 41.7 Å². The van der Waals surface area contributed by atoms with E-state index in [-0.39, 0.29) is 38.1 Å². The first-order valence-corrected chi connectivity index (χ1v) is 11.6. The molecule has 0 amide bonds. The van der Waals surface area contributed by atoms with Gasteiger partial charge in [-0.05, 0) is 29.8 Å². The molecule has 0 aromatic heterocycles. The number of hydrogen-bond donors (Lipinski definition) is 6. The van der Waals surface area contributed by atoms with E-state index in [2.05, 4.69) is 5.32 Å². The minimum Gasteiger partial charge on any atom is -0.480 e. The second-order valence-corrected chi connectivity index (χ2v) is 8.40. The van der Waals surface area contributed by atoms with Crippen LogP contribution in [0.2, 0.25) is 0 Å². The first-order chi connectivity index (χ1) is 17.7. The van der Waals surface area contributed by atoms with Crippen molar-refractivity contribution >= 4 is 24.0 Å². The Morgan fingerprint density at radius 3 is 2.70 bits per heavy atom. The Balaban J connectivity index is 1.46. The maximum absolute atomic E-state index is 12.5. The average molecular weight is 522 g/mol. The van der Waals surface area contributed by atoms with Crippen LogP contribution in [0.5, 0.6) is 11.5 Å². The van der Waals surface area contributed by atoms with E-state index in [9.17, 15) is 19.8 Å². The maximum atomic E-state index is 12.5. The summed E-state index contributed by atoms with van der Waals surface area (Å²) in [5, 5.41) is 39.4. The summed E-state index contributed by atoms with van der Waals surface area (Å²) in [4.78, 5) is 24.5. The molecule has 202 valence electrons. The van der Waals surface area contributed by atoms with Crippen molar-refractivity contribution in [3.63, 3.8) is 0 Å². The lowest BCUT2D eigenvalue weighted by atomic mass is 9.87. The first-order valence-electron chi connectivity index (χ1n) is 11.6. The molecule has 2 heterocycles. The van der Waals surface area contributed by atoms with Crippen molar-refractivity contribution in [3.8, 4) is 11.5 Å². The van der Waals surface area contributed by atoms with E-state index in [1.807, 2.05) is 0 Å². The zero-order chi connectivity index (χ0) is 26.9. The third-order valence-electron chi connectivity index (χ3n) is 5.69. The molecular weight excluding hydrogens is 490 g/mol. The highest BCUT2D eigenvalue weighted by molar-refractivity contribution is 5.87. The van der Waals surface area contributed by atoms with Crippen LogP contribution >= 0.6 is 0 Å². The monoisotopic (exact) mass is 521 g/mol. The molecule has 0 fully saturated rings. The van der Waals surface area contributed by atoms with E-state index in [0.717, 1.165) is 5.56 Å². The van der Waals surface area contributed by atoms with Gasteiger partial charge in [-0.1, -0.05) is 13.0 Å². The maximum Gasteiger partial charge on any atom is 0.373 e. The number of aliphatic hydroxyl groups excluding tert-OH is 3. The Morgan fingerprint density at radius 1 is 1.24 bits per heavy atom. The number of esters is 2. The smallest absolute Gasteiger partial charge is 0.373 e. The zero-order valence-electron chi connectivity index (χ0n) is 20.2. The quantitative estimate of drug-likeness (QED) is 0.0710. The lowest BCUT2D eigenvalue weighted by Crippen LogP contribution is -2.54. The summed E-state index contributed by atoms with van der Waals surface area (Å²) in [7, 11) is 0. The van der Waals surface area contributed by atoms with E-state index in [1.54, 1.807) is 31.2 Å². The number of rotatable bonds is 11. The van der Waals surface area contributed by atoms with Gasteiger partial charge in [0.05, 0.1) is 25.9 Å². The van der Waals surface area contributed by atoms with E-state index in [1.165, 1.54) is 12.2 Å². The summed E-state index contributed by atoms with van der Waals surface area (Å²) in [6.07, 6.45) is 0.298. The highest BCUT2D eigenvalue weighted by atomic mass is 16.7. The van der Waals surface area contributed by atoms with Crippen LogP contribution in [0.1, 0.15) is 18.9 Å². The molecule has 7 N–H and O–H groups in total. The third-order valence-corrected chi connectivity index (χ3v) is 5.69. The summed E-state index contributed by atoms with van der Waals surface area (Å²) in [6.45, 7) is 1.00. The van der Waals surface area contributed by atoms with Gasteiger partial charge >= 0.3 is 11.9 Å². The summed E-state index contributed by atoms with van der Waals surface area (Å²) in [5.41, 5.74) is 6.14. The van der Waals surface area contributed by atoms with Gasteiger partial charge in [0.2, 0.25) is 12.6 Å². The van der Waals surface area contributed by atoms with Crippen LogP contribution in [0.15, 0.2) is 36.1 Å². The highest BCUT2D eigenvalue weighted by Crippen LogP contribution is 2.32. The highest BCUT2D eigenvalue weighted by Gasteiger charge is 2.41. The lowest BCUT2D eigenvalue weighted by molar-refractivity contribution is -0.153. The molecule has 0 spiro atoms. The van der Waals surface area contributed by atoms with Gasteiger partial charge < -0.3 is 50.1 Å². The molecule has 2 aliphatic rings. The molecular formula is C24H31N3O10. The molecule has 37 heavy (non-hydrogen) atoms. The van der Waals surface area contributed by atoms with Crippen LogP contribution in [0.3, 0.4) is 0 Å². The van der Waals surface area contributed by atoms with Crippen LogP contribution in [-0.4, -0.2) is 84.2 Å². The first kappa shape index (κ1) is 27.8. The van der Waals surface area contributed by atoms with E-state index in [0.29, 0.717) is 11.5 Å². The van der Waals surface area contributed by atoms with Crippen LogP contribution in [-0.2, 0) is 23.8 Å². The molecule has 5 atom stereocenters. The molecule has 13 nitrogen and oxygen atoms in total. The lowest BCUT2D eigenvalue weighted by Gasteiger charge is -2.38. The van der Waals surface area contributed by atoms with Gasteiger partial charge in [0, 0.05) is 18.4 Å². The number of carbonyl (C=O) groups is 2. The second kappa shape index (κ2) is 12.9. The Hall–Kier alpha value is -3.81. The number of aliphatic hydroxyl groups is 3. The van der Waals surface area contributed by atoms with Crippen molar-refractivity contribution in [2.75, 3.05) is 26.6 Å². The van der Waals surface area contributed by atoms with Gasteiger partial charge in [0.25, 0.3) is 0 Å². The fourth-order valence-corrected chi connectivity index (χ4v) is 3.69. The number of carbonyl (C=O) groups excluding carboxylic acids is 2. The van der Waals surface area contributed by atoms with Crippen molar-refractivity contribution < 1.29 is 48.6 Å². The van der Waals surface area contributed by atoms with E-state index in [4.69, 9.17) is 39.9 Å². The van der Waals surface area contributed by atoms with Gasteiger partial charge in [-0.15, -0.1) is 0 Å². The van der Waals surface area contributed by atoms with Crippen molar-refractivity contribution in [1.82, 2.24) is 5.32 Å². The Bertz CT molecular complexity index is 1040. The van der Waals surface area contributed by atoms with Crippen molar-refractivity contribution in [1.29, 1.82) is 5.41 Å². The molecule has 0 unspecified atom stereocenters. The molecule has 3 rings (SSSR count). The van der Waals surface area contributed by atoms with Crippen molar-refractivity contribution in [2.24, 2.45) is 11.7 Å². The second-order valence-electron chi connectivity index (χ2n) is 8.40. The number of ether oxygens (including phenoxy) is 5. The molecule has 2 aliphatic heterocycles. The largest absolute Gasteiger partial charge is 0.480 e. The van der Waals surface area contributed by atoms with Crippen LogP contribution in [0, 0.1) is 11.3 Å². The fourth-order valence-electron chi connectivity index (χ4n) is 3.69. The van der Waals surface area contributed by atoms with E-state index < -0.39 is 48.8 Å².